The van der Waals surface area contributed by atoms with E-state index in [9.17, 15) is 9.90 Å². The van der Waals surface area contributed by atoms with Crippen LogP contribution in [0.4, 0.5) is 17.5 Å². The molecule has 0 radical (unpaired) electrons. The smallest absolute Gasteiger partial charge is 0.262 e. The molecule has 0 aliphatic heterocycles. The minimum Gasteiger partial charge on any atom is -0.396 e. The number of hydrogen-bond acceptors (Lipinski definition) is 7. The minimum absolute atomic E-state index is 0.0364. The summed E-state index contributed by atoms with van der Waals surface area (Å²) in [5, 5.41) is 17.1. The van der Waals surface area contributed by atoms with E-state index < -0.39 is 5.54 Å². The van der Waals surface area contributed by atoms with Gasteiger partial charge >= 0.3 is 0 Å². The van der Waals surface area contributed by atoms with E-state index in [0.29, 0.717) is 35.8 Å². The number of aliphatic hydroxyl groups is 1. The zero-order chi connectivity index (χ0) is 19.4. The Kier molecular flexibility index (Phi) is 5.36. The van der Waals surface area contributed by atoms with E-state index in [4.69, 9.17) is 0 Å². The van der Waals surface area contributed by atoms with Crippen molar-refractivity contribution < 1.29 is 5.11 Å². The average molecular weight is 368 g/mol. The van der Waals surface area contributed by atoms with Crippen molar-refractivity contribution in [3.63, 3.8) is 0 Å². The number of nitrogens with one attached hydrogen (secondary N) is 2. The molecule has 0 atom stereocenters. The van der Waals surface area contributed by atoms with Gasteiger partial charge in [-0.25, -0.2) is 9.97 Å². The van der Waals surface area contributed by atoms with E-state index in [0.717, 1.165) is 5.39 Å². The molecular weight excluding hydrogens is 344 g/mol. The maximum Gasteiger partial charge on any atom is 0.262 e. The van der Waals surface area contributed by atoms with Gasteiger partial charge in [0.25, 0.3) is 5.56 Å². The van der Waals surface area contributed by atoms with Crippen molar-refractivity contribution in [2.24, 2.45) is 0 Å². The summed E-state index contributed by atoms with van der Waals surface area (Å²) in [6.45, 7) is 6.46. The third-order valence-electron chi connectivity index (χ3n) is 4.31. The standard InChI is InChI=1S/C19H24N6O2/c1-4-25-9-5-13-11-14(22-15-12-20-7-8-21-15)23-17(16(13)18(25)27)24-19(2,3)6-10-26/h5,7-9,11-12,26H,4,6,10H2,1-3H3,(H2,21,22,23,24). The van der Waals surface area contributed by atoms with E-state index in [1.165, 1.54) is 0 Å². The van der Waals surface area contributed by atoms with Crippen LogP contribution in [-0.2, 0) is 6.54 Å². The molecule has 27 heavy (non-hydrogen) atoms. The van der Waals surface area contributed by atoms with Crippen molar-refractivity contribution in [2.75, 3.05) is 17.2 Å². The van der Waals surface area contributed by atoms with Gasteiger partial charge in [0.15, 0.2) is 0 Å². The highest BCUT2D eigenvalue weighted by Crippen LogP contribution is 2.26. The van der Waals surface area contributed by atoms with Crippen LogP contribution >= 0.6 is 0 Å². The van der Waals surface area contributed by atoms with Crippen molar-refractivity contribution in [1.29, 1.82) is 0 Å². The lowest BCUT2D eigenvalue weighted by Crippen LogP contribution is -2.33. The van der Waals surface area contributed by atoms with Crippen molar-refractivity contribution in [1.82, 2.24) is 19.5 Å². The van der Waals surface area contributed by atoms with Gasteiger partial charge in [0.2, 0.25) is 0 Å². The summed E-state index contributed by atoms with van der Waals surface area (Å²) in [6.07, 6.45) is 7.08. The predicted molar refractivity (Wildman–Crippen MR) is 106 cm³/mol. The quantitative estimate of drug-likeness (QED) is 0.588. The molecule has 0 aliphatic carbocycles. The maximum atomic E-state index is 12.9. The minimum atomic E-state index is -0.431. The molecule has 0 bridgehead atoms. The normalized spacial score (nSPS) is 11.6. The second-order valence-electron chi connectivity index (χ2n) is 6.93. The fourth-order valence-electron chi connectivity index (χ4n) is 2.86. The Labute approximate surface area is 157 Å². The molecule has 0 unspecified atom stereocenters. The van der Waals surface area contributed by atoms with Gasteiger partial charge in [0, 0.05) is 37.3 Å². The van der Waals surface area contributed by atoms with Crippen LogP contribution in [0.5, 0.6) is 0 Å². The molecule has 3 N–H and O–H groups in total. The summed E-state index contributed by atoms with van der Waals surface area (Å²) in [5.74, 6) is 1.59. The first-order valence-corrected chi connectivity index (χ1v) is 8.90. The third-order valence-corrected chi connectivity index (χ3v) is 4.31. The largest absolute Gasteiger partial charge is 0.396 e. The number of aryl methyl sites for hydroxylation is 1. The van der Waals surface area contributed by atoms with E-state index in [1.54, 1.807) is 29.4 Å². The first-order valence-electron chi connectivity index (χ1n) is 8.90. The summed E-state index contributed by atoms with van der Waals surface area (Å²) in [4.78, 5) is 25.7. The van der Waals surface area contributed by atoms with E-state index in [-0.39, 0.29) is 12.2 Å². The molecule has 0 fully saturated rings. The number of hydrogen-bond donors (Lipinski definition) is 3. The highest BCUT2D eigenvalue weighted by molar-refractivity contribution is 5.93. The van der Waals surface area contributed by atoms with Gasteiger partial charge in [-0.2, -0.15) is 0 Å². The zero-order valence-electron chi connectivity index (χ0n) is 15.7. The summed E-state index contributed by atoms with van der Waals surface area (Å²) in [6, 6.07) is 3.71. The fourth-order valence-corrected chi connectivity index (χ4v) is 2.86. The first kappa shape index (κ1) is 18.8. The molecule has 0 spiro atoms. The van der Waals surface area contributed by atoms with Crippen molar-refractivity contribution in [2.45, 2.75) is 39.3 Å². The van der Waals surface area contributed by atoms with Crippen LogP contribution in [0.3, 0.4) is 0 Å². The SMILES string of the molecule is CCn1ccc2cc(Nc3cnccn3)nc(NC(C)(C)CCO)c2c1=O. The van der Waals surface area contributed by atoms with Gasteiger partial charge in [-0.15, -0.1) is 0 Å². The third kappa shape index (κ3) is 4.22. The Morgan fingerprint density at radius 1 is 1.26 bits per heavy atom. The van der Waals surface area contributed by atoms with Gasteiger partial charge in [0.05, 0.1) is 11.6 Å². The molecule has 8 nitrogen and oxygen atoms in total. The molecule has 0 aromatic carbocycles. The lowest BCUT2D eigenvalue weighted by Gasteiger charge is -2.27. The number of nitrogens with zero attached hydrogens (tertiary/aromatic N) is 4. The highest BCUT2D eigenvalue weighted by atomic mass is 16.3. The lowest BCUT2D eigenvalue weighted by atomic mass is 10.0. The summed E-state index contributed by atoms with van der Waals surface area (Å²) < 4.78 is 1.64. The second kappa shape index (κ2) is 7.71. The van der Waals surface area contributed by atoms with Gasteiger partial charge in [-0.3, -0.25) is 9.78 Å². The summed E-state index contributed by atoms with van der Waals surface area (Å²) in [7, 11) is 0. The molecule has 3 aromatic heterocycles. The number of anilines is 3. The number of rotatable bonds is 7. The van der Waals surface area contributed by atoms with Crippen LogP contribution in [0.1, 0.15) is 27.2 Å². The first-order chi connectivity index (χ1) is 12.9. The van der Waals surface area contributed by atoms with Gasteiger partial charge in [-0.1, -0.05) is 0 Å². The fraction of sp³-hybridized carbons (Fsp3) is 0.368. The van der Waals surface area contributed by atoms with Crippen LogP contribution in [-0.4, -0.2) is 36.8 Å². The van der Waals surface area contributed by atoms with Crippen LogP contribution in [0.15, 0.2) is 41.7 Å². The number of fused-ring (bicyclic) bond motifs is 1. The van der Waals surface area contributed by atoms with Crippen molar-refractivity contribution in [3.8, 4) is 0 Å². The molecule has 3 heterocycles. The Morgan fingerprint density at radius 3 is 2.74 bits per heavy atom. The van der Waals surface area contributed by atoms with Crippen LogP contribution in [0.2, 0.25) is 0 Å². The van der Waals surface area contributed by atoms with Gasteiger partial charge in [0.1, 0.15) is 17.5 Å². The summed E-state index contributed by atoms with van der Waals surface area (Å²) in [5.41, 5.74) is -0.532. The maximum absolute atomic E-state index is 12.9. The Hall–Kier alpha value is -3.00. The molecule has 0 aliphatic rings. The highest BCUT2D eigenvalue weighted by Gasteiger charge is 2.21. The van der Waals surface area contributed by atoms with Crippen LogP contribution < -0.4 is 16.2 Å². The Morgan fingerprint density at radius 2 is 2.07 bits per heavy atom. The summed E-state index contributed by atoms with van der Waals surface area (Å²) >= 11 is 0. The molecule has 0 saturated heterocycles. The molecule has 3 aromatic rings. The van der Waals surface area contributed by atoms with E-state index in [2.05, 4.69) is 25.6 Å². The van der Waals surface area contributed by atoms with Crippen molar-refractivity contribution >= 4 is 28.2 Å². The molecule has 3 rings (SSSR count). The molecular formula is C19H24N6O2. The molecule has 8 heteroatoms. The monoisotopic (exact) mass is 368 g/mol. The molecule has 0 amide bonds. The van der Waals surface area contributed by atoms with Crippen molar-refractivity contribution in [3.05, 3.63) is 47.3 Å². The molecule has 142 valence electrons. The average Bonchev–Trinajstić information content (AvgIpc) is 2.62. The van der Waals surface area contributed by atoms with Gasteiger partial charge < -0.3 is 20.3 Å². The van der Waals surface area contributed by atoms with Gasteiger partial charge in [-0.05, 0) is 44.7 Å². The number of pyridine rings is 2. The predicted octanol–water partition coefficient (Wildman–Crippen LogP) is 2.52. The topological polar surface area (TPSA) is 105 Å². The molecule has 0 saturated carbocycles. The number of aromatic nitrogens is 4. The Bertz CT molecular complexity index is 985. The second-order valence-corrected chi connectivity index (χ2v) is 6.93. The van der Waals surface area contributed by atoms with E-state index >= 15 is 0 Å². The van der Waals surface area contributed by atoms with E-state index in [1.807, 2.05) is 32.9 Å². The number of aliphatic hydroxyl groups excluding tert-OH is 1. The van der Waals surface area contributed by atoms with Crippen LogP contribution in [0.25, 0.3) is 10.8 Å². The lowest BCUT2D eigenvalue weighted by molar-refractivity contribution is 0.260. The van der Waals surface area contributed by atoms with Crippen LogP contribution in [0, 0.1) is 0 Å². The Balaban J connectivity index is 2.13. The zero-order valence-corrected chi connectivity index (χ0v) is 15.7.